The molecule has 1 fully saturated rings. The number of rotatable bonds is 6. The number of fused-ring (bicyclic) bond motifs is 1. The Morgan fingerprint density at radius 2 is 1.84 bits per heavy atom. The largest absolute Gasteiger partial charge is 0.404 e. The number of halogens is 4. The maximum Gasteiger partial charge on any atom is 0.404 e. The van der Waals surface area contributed by atoms with E-state index in [1.165, 1.54) is 23.1 Å². The van der Waals surface area contributed by atoms with Gasteiger partial charge in [0.15, 0.2) is 0 Å². The third-order valence-corrected chi connectivity index (χ3v) is 8.68. The van der Waals surface area contributed by atoms with Crippen molar-refractivity contribution in [1.29, 1.82) is 0 Å². The number of aryl methyl sites for hydroxylation is 1. The summed E-state index contributed by atoms with van der Waals surface area (Å²) < 4.78 is 80.2. The third kappa shape index (κ3) is 5.18. The molecule has 0 radical (unpaired) electrons. The monoisotopic (exact) mass is 542 g/mol. The van der Waals surface area contributed by atoms with Gasteiger partial charge in [-0.2, -0.15) is 17.9 Å². The normalized spacial score (nSPS) is 21.2. The van der Waals surface area contributed by atoms with Crippen LogP contribution in [0.4, 0.5) is 23.2 Å². The molecule has 37 heavy (non-hydrogen) atoms. The first-order valence-corrected chi connectivity index (χ1v) is 13.5. The Balaban J connectivity index is 1.79. The predicted octanol–water partition coefficient (Wildman–Crippen LogP) is 4.43. The average Bonchev–Trinajstić information content (AvgIpc) is 3.44. The highest BCUT2D eigenvalue weighted by Gasteiger charge is 2.48. The van der Waals surface area contributed by atoms with E-state index in [0.29, 0.717) is 23.7 Å². The van der Waals surface area contributed by atoms with Crippen LogP contribution in [0.15, 0.2) is 35.4 Å². The lowest BCUT2D eigenvalue weighted by molar-refractivity contribution is -0.147. The van der Waals surface area contributed by atoms with Crippen molar-refractivity contribution in [2.45, 2.75) is 74.6 Å². The molecule has 1 saturated carbocycles. The second-order valence-electron chi connectivity index (χ2n) is 9.96. The van der Waals surface area contributed by atoms with Crippen LogP contribution in [-0.4, -0.2) is 56.6 Å². The van der Waals surface area contributed by atoms with E-state index in [9.17, 15) is 30.8 Å². The van der Waals surface area contributed by atoms with Crippen molar-refractivity contribution in [3.05, 3.63) is 53.1 Å². The van der Waals surface area contributed by atoms with Crippen LogP contribution in [0.25, 0.3) is 0 Å². The molecular formula is C25H30F4N4O3S. The lowest BCUT2D eigenvalue weighted by Crippen LogP contribution is -2.43. The number of amides is 1. The van der Waals surface area contributed by atoms with E-state index in [4.69, 9.17) is 0 Å². The van der Waals surface area contributed by atoms with E-state index in [2.05, 4.69) is 9.88 Å². The number of benzene rings is 1. The maximum absolute atomic E-state index is 14.7. The lowest BCUT2D eigenvalue weighted by Gasteiger charge is -2.35. The van der Waals surface area contributed by atoms with E-state index < -0.39 is 44.9 Å². The second-order valence-corrected chi connectivity index (χ2v) is 11.7. The zero-order valence-corrected chi connectivity index (χ0v) is 21.8. The number of alkyl halides is 3. The van der Waals surface area contributed by atoms with Gasteiger partial charge in [0.2, 0.25) is 15.9 Å². The van der Waals surface area contributed by atoms with Crippen molar-refractivity contribution in [1.82, 2.24) is 14.6 Å². The molecule has 2 aliphatic rings. The molecule has 1 aliphatic heterocycles. The van der Waals surface area contributed by atoms with Gasteiger partial charge in [-0.3, -0.25) is 9.78 Å². The van der Waals surface area contributed by atoms with Crippen molar-refractivity contribution in [3.8, 4) is 0 Å². The van der Waals surface area contributed by atoms with Crippen molar-refractivity contribution in [3.63, 3.8) is 0 Å². The van der Waals surface area contributed by atoms with Gasteiger partial charge in [0.25, 0.3) is 0 Å². The summed E-state index contributed by atoms with van der Waals surface area (Å²) >= 11 is 0. The number of carbonyl (C=O) groups excluding carboxylic acids is 1. The smallest absolute Gasteiger partial charge is 0.359 e. The number of anilines is 1. The van der Waals surface area contributed by atoms with Crippen LogP contribution in [0.5, 0.6) is 0 Å². The minimum absolute atomic E-state index is 0.0769. The van der Waals surface area contributed by atoms with Crippen LogP contribution < -0.4 is 9.62 Å². The maximum atomic E-state index is 14.7. The number of likely N-dealkylation sites (N-methyl/N-ethyl adjacent to an activating group) is 1. The third-order valence-electron chi connectivity index (χ3n) is 7.16. The summed E-state index contributed by atoms with van der Waals surface area (Å²) in [4.78, 5) is 20.9. The summed E-state index contributed by atoms with van der Waals surface area (Å²) in [6, 6.07) is 2.90. The highest BCUT2D eigenvalue weighted by Crippen LogP contribution is 2.52. The number of aromatic nitrogens is 1. The van der Waals surface area contributed by atoms with E-state index in [1.54, 1.807) is 31.8 Å². The number of hydrogen-bond acceptors (Lipinski definition) is 5. The number of nitrogens with zero attached hydrogens (tertiary/aromatic N) is 3. The molecular weight excluding hydrogens is 512 g/mol. The van der Waals surface area contributed by atoms with Gasteiger partial charge in [0.1, 0.15) is 16.8 Å². The van der Waals surface area contributed by atoms with Crippen LogP contribution >= 0.6 is 0 Å². The van der Waals surface area contributed by atoms with E-state index in [-0.39, 0.29) is 11.9 Å². The molecule has 3 atom stereocenters. The molecule has 1 amide bonds. The van der Waals surface area contributed by atoms with Crippen molar-refractivity contribution < 1.29 is 30.8 Å². The standard InChI is InChI=1S/C25H30F4N4O3S/c1-14-11-21-18(12-19(14)26)22(24(34)32(3)4)23(33(21)16-7-5-6-8-16)20-10-9-17(13-30-20)37(35,36)31-15(2)25(27,28)29/h9-13,15-16,22-23,31H,5-8H2,1-4H3/t15-,22?,23?/m0/s1. The summed E-state index contributed by atoms with van der Waals surface area (Å²) in [6.45, 7) is 2.37. The van der Waals surface area contributed by atoms with Crippen molar-refractivity contribution in [2.24, 2.45) is 0 Å². The molecule has 202 valence electrons. The fraction of sp³-hybridized carbons (Fsp3) is 0.520. The Morgan fingerprint density at radius 3 is 2.38 bits per heavy atom. The molecule has 7 nitrogen and oxygen atoms in total. The first-order chi connectivity index (χ1) is 17.2. The van der Waals surface area contributed by atoms with Crippen LogP contribution in [0.1, 0.15) is 61.4 Å². The second kappa shape index (κ2) is 9.86. The van der Waals surface area contributed by atoms with Gasteiger partial charge in [-0.25, -0.2) is 12.8 Å². The SMILES string of the molecule is Cc1cc2c(cc1F)C(C(=O)N(C)C)C(c1ccc(S(=O)(=O)N[C@@H](C)C(F)(F)F)cn1)N2C1CCCC1. The van der Waals surface area contributed by atoms with E-state index >= 15 is 0 Å². The van der Waals surface area contributed by atoms with Crippen molar-refractivity contribution >= 4 is 21.6 Å². The fourth-order valence-electron chi connectivity index (χ4n) is 5.19. The van der Waals surface area contributed by atoms with Crippen LogP contribution in [0.3, 0.4) is 0 Å². The summed E-state index contributed by atoms with van der Waals surface area (Å²) in [7, 11) is -1.27. The number of sulfonamides is 1. The van der Waals surface area contributed by atoms with Gasteiger partial charge < -0.3 is 9.80 Å². The Labute approximate surface area is 213 Å². The van der Waals surface area contributed by atoms with Gasteiger partial charge in [-0.1, -0.05) is 12.8 Å². The first-order valence-electron chi connectivity index (χ1n) is 12.1. The van der Waals surface area contributed by atoms with Gasteiger partial charge in [-0.15, -0.1) is 0 Å². The Hall–Kier alpha value is -2.73. The minimum atomic E-state index is -4.75. The molecule has 12 heteroatoms. The number of nitrogens with one attached hydrogen (secondary N) is 1. The molecule has 0 bridgehead atoms. The zero-order chi connectivity index (χ0) is 27.3. The molecule has 1 aromatic heterocycles. The molecule has 2 unspecified atom stereocenters. The lowest BCUT2D eigenvalue weighted by atomic mass is 9.90. The highest BCUT2D eigenvalue weighted by atomic mass is 32.2. The Morgan fingerprint density at radius 1 is 1.19 bits per heavy atom. The zero-order valence-electron chi connectivity index (χ0n) is 21.0. The highest BCUT2D eigenvalue weighted by molar-refractivity contribution is 7.89. The Kier molecular flexibility index (Phi) is 7.28. The van der Waals surface area contributed by atoms with Crippen molar-refractivity contribution in [2.75, 3.05) is 19.0 Å². The molecule has 1 N–H and O–H groups in total. The molecule has 2 heterocycles. The predicted molar refractivity (Wildman–Crippen MR) is 130 cm³/mol. The van der Waals surface area contributed by atoms with E-state index in [0.717, 1.165) is 37.6 Å². The number of hydrogen-bond donors (Lipinski definition) is 1. The Bertz CT molecular complexity index is 1280. The van der Waals surface area contributed by atoms with Crippen LogP contribution in [0, 0.1) is 12.7 Å². The molecule has 2 aromatic rings. The number of pyridine rings is 1. The first kappa shape index (κ1) is 27.3. The van der Waals surface area contributed by atoms with Gasteiger partial charge in [0, 0.05) is 32.0 Å². The quantitative estimate of drug-likeness (QED) is 0.546. The van der Waals surface area contributed by atoms with E-state index in [1.807, 2.05) is 0 Å². The fourth-order valence-corrected chi connectivity index (χ4v) is 6.37. The summed E-state index contributed by atoms with van der Waals surface area (Å²) in [5.74, 6) is -1.48. The topological polar surface area (TPSA) is 82.6 Å². The molecule has 1 aromatic carbocycles. The van der Waals surface area contributed by atoms with Crippen LogP contribution in [0.2, 0.25) is 0 Å². The minimum Gasteiger partial charge on any atom is -0.359 e. The molecule has 4 rings (SSSR count). The molecule has 0 spiro atoms. The molecule has 0 saturated heterocycles. The summed E-state index contributed by atoms with van der Waals surface area (Å²) in [5, 5.41) is 0. The van der Waals surface area contributed by atoms with Crippen LogP contribution in [-0.2, 0) is 14.8 Å². The summed E-state index contributed by atoms with van der Waals surface area (Å²) in [6.07, 6.45) is 0.0131. The van der Waals surface area contributed by atoms with Gasteiger partial charge >= 0.3 is 6.18 Å². The van der Waals surface area contributed by atoms with Gasteiger partial charge in [0.05, 0.1) is 17.7 Å². The van der Waals surface area contributed by atoms with Gasteiger partial charge in [-0.05, 0) is 62.1 Å². The number of carbonyl (C=O) groups is 1. The summed E-state index contributed by atoms with van der Waals surface area (Å²) in [5.41, 5.74) is 2.11. The molecule has 1 aliphatic carbocycles. The average molecular weight is 543 g/mol.